The first-order valence-corrected chi connectivity index (χ1v) is 10.1. The second-order valence-electron chi connectivity index (χ2n) is 7.84. The third kappa shape index (κ3) is 4.86. The van der Waals surface area contributed by atoms with Crippen molar-refractivity contribution in [2.24, 2.45) is 5.41 Å². The van der Waals surface area contributed by atoms with Gasteiger partial charge in [0.2, 0.25) is 5.91 Å². The Morgan fingerprint density at radius 1 is 1.26 bits per heavy atom. The van der Waals surface area contributed by atoms with E-state index in [0.717, 1.165) is 51.9 Å². The molecule has 3 heterocycles. The van der Waals surface area contributed by atoms with Gasteiger partial charge in [0.1, 0.15) is 6.10 Å². The predicted molar refractivity (Wildman–Crippen MR) is 103 cm³/mol. The number of carbonyl (C=O) groups is 2. The highest BCUT2D eigenvalue weighted by molar-refractivity contribution is 5.80. The van der Waals surface area contributed by atoms with E-state index in [9.17, 15) is 9.59 Å². The maximum Gasteiger partial charge on any atom is 0.251 e. The normalized spacial score (nSPS) is 20.7. The number of ether oxygens (including phenoxy) is 1. The summed E-state index contributed by atoms with van der Waals surface area (Å²) in [7, 11) is 0. The minimum Gasteiger partial charge on any atom is -0.369 e. The Balaban J connectivity index is 1.54. The van der Waals surface area contributed by atoms with E-state index in [1.807, 2.05) is 35.8 Å². The predicted octanol–water partition coefficient (Wildman–Crippen LogP) is 2.28. The molecule has 6 nitrogen and oxygen atoms in total. The van der Waals surface area contributed by atoms with E-state index in [0.29, 0.717) is 13.0 Å². The van der Waals surface area contributed by atoms with Crippen LogP contribution in [-0.4, -0.2) is 65.5 Å². The van der Waals surface area contributed by atoms with Crippen LogP contribution in [0.4, 0.5) is 0 Å². The van der Waals surface area contributed by atoms with Crippen LogP contribution in [0.25, 0.3) is 0 Å². The van der Waals surface area contributed by atoms with Crippen LogP contribution in [-0.2, 0) is 20.7 Å². The summed E-state index contributed by atoms with van der Waals surface area (Å²) in [5, 5.41) is 0. The number of hydrogen-bond donors (Lipinski definition) is 0. The molecule has 1 aromatic heterocycles. The number of aromatic nitrogens is 1. The number of pyridine rings is 1. The molecular weight excluding hydrogens is 342 g/mol. The molecule has 2 aliphatic rings. The average molecular weight is 373 g/mol. The second kappa shape index (κ2) is 8.83. The Hall–Kier alpha value is -1.95. The molecule has 1 unspecified atom stereocenters. The number of piperidine rings is 2. The molecule has 2 aliphatic heterocycles. The lowest BCUT2D eigenvalue weighted by Crippen LogP contribution is -2.53. The van der Waals surface area contributed by atoms with E-state index in [4.69, 9.17) is 4.74 Å². The monoisotopic (exact) mass is 373 g/mol. The Bertz CT molecular complexity index is 641. The second-order valence-corrected chi connectivity index (χ2v) is 7.84. The summed E-state index contributed by atoms with van der Waals surface area (Å²) < 4.78 is 5.45. The average Bonchev–Trinajstić information content (AvgIpc) is 2.70. The van der Waals surface area contributed by atoms with Crippen molar-refractivity contribution in [3.8, 4) is 0 Å². The third-order valence-electron chi connectivity index (χ3n) is 6.07. The fourth-order valence-corrected chi connectivity index (χ4v) is 4.31. The maximum atomic E-state index is 12.5. The van der Waals surface area contributed by atoms with Crippen molar-refractivity contribution in [2.45, 2.75) is 52.1 Å². The van der Waals surface area contributed by atoms with E-state index in [1.54, 1.807) is 12.4 Å². The van der Waals surface area contributed by atoms with Gasteiger partial charge in [-0.05, 0) is 62.6 Å². The number of amides is 2. The van der Waals surface area contributed by atoms with Gasteiger partial charge in [0, 0.05) is 51.6 Å². The SMILES string of the molecule is CCOC(C)C(=O)N1CCC2(CCC(=O)N(CCc3ccncc3)C2)CC1. The maximum absolute atomic E-state index is 12.5. The van der Waals surface area contributed by atoms with Crippen molar-refractivity contribution in [3.63, 3.8) is 0 Å². The minimum absolute atomic E-state index is 0.0909. The van der Waals surface area contributed by atoms with E-state index >= 15 is 0 Å². The van der Waals surface area contributed by atoms with Gasteiger partial charge >= 0.3 is 0 Å². The number of rotatable bonds is 6. The lowest BCUT2D eigenvalue weighted by molar-refractivity contribution is -0.148. The number of likely N-dealkylation sites (tertiary alicyclic amines) is 2. The van der Waals surface area contributed by atoms with Gasteiger partial charge in [-0.2, -0.15) is 0 Å². The summed E-state index contributed by atoms with van der Waals surface area (Å²) >= 11 is 0. The first-order chi connectivity index (χ1) is 13.0. The number of hydrogen-bond acceptors (Lipinski definition) is 4. The van der Waals surface area contributed by atoms with Gasteiger partial charge in [-0.1, -0.05) is 0 Å². The van der Waals surface area contributed by atoms with Gasteiger partial charge < -0.3 is 14.5 Å². The summed E-state index contributed by atoms with van der Waals surface area (Å²) in [6.07, 6.45) is 7.60. The van der Waals surface area contributed by atoms with Gasteiger partial charge in [-0.3, -0.25) is 14.6 Å². The molecule has 1 spiro atoms. The third-order valence-corrected chi connectivity index (χ3v) is 6.07. The summed E-state index contributed by atoms with van der Waals surface area (Å²) in [4.78, 5) is 32.9. The molecule has 3 rings (SSSR count). The van der Waals surface area contributed by atoms with Crippen LogP contribution in [0, 0.1) is 5.41 Å². The summed E-state index contributed by atoms with van der Waals surface area (Å²) in [5.41, 5.74) is 1.38. The first kappa shape index (κ1) is 19.8. The number of nitrogens with zero attached hydrogens (tertiary/aromatic N) is 3. The molecule has 0 bridgehead atoms. The van der Waals surface area contributed by atoms with Crippen molar-refractivity contribution in [3.05, 3.63) is 30.1 Å². The molecule has 27 heavy (non-hydrogen) atoms. The lowest BCUT2D eigenvalue weighted by atomic mass is 9.72. The van der Waals surface area contributed by atoms with Gasteiger partial charge in [-0.25, -0.2) is 0 Å². The number of carbonyl (C=O) groups excluding carboxylic acids is 2. The van der Waals surface area contributed by atoms with Crippen molar-refractivity contribution < 1.29 is 14.3 Å². The van der Waals surface area contributed by atoms with Gasteiger partial charge in [-0.15, -0.1) is 0 Å². The quantitative estimate of drug-likeness (QED) is 0.767. The molecule has 2 fully saturated rings. The van der Waals surface area contributed by atoms with E-state index in [1.165, 1.54) is 5.56 Å². The summed E-state index contributed by atoms with van der Waals surface area (Å²) in [6, 6.07) is 4.02. The minimum atomic E-state index is -0.367. The topological polar surface area (TPSA) is 62.7 Å². The molecular formula is C21H31N3O3. The van der Waals surface area contributed by atoms with Crippen LogP contribution in [0.5, 0.6) is 0 Å². The lowest BCUT2D eigenvalue weighted by Gasteiger charge is -2.47. The molecule has 2 saturated heterocycles. The Kier molecular flexibility index (Phi) is 6.47. The highest BCUT2D eigenvalue weighted by atomic mass is 16.5. The van der Waals surface area contributed by atoms with Crippen LogP contribution in [0.1, 0.15) is 45.1 Å². The zero-order valence-corrected chi connectivity index (χ0v) is 16.5. The Morgan fingerprint density at radius 2 is 1.96 bits per heavy atom. The van der Waals surface area contributed by atoms with Crippen molar-refractivity contribution in [1.82, 2.24) is 14.8 Å². The van der Waals surface area contributed by atoms with Crippen LogP contribution in [0.2, 0.25) is 0 Å². The molecule has 1 aromatic rings. The van der Waals surface area contributed by atoms with E-state index in [-0.39, 0.29) is 23.3 Å². The largest absolute Gasteiger partial charge is 0.369 e. The molecule has 0 saturated carbocycles. The summed E-state index contributed by atoms with van der Waals surface area (Å²) in [6.45, 7) is 7.41. The highest BCUT2D eigenvalue weighted by Gasteiger charge is 2.41. The van der Waals surface area contributed by atoms with E-state index < -0.39 is 0 Å². The highest BCUT2D eigenvalue weighted by Crippen LogP contribution is 2.40. The molecule has 0 aliphatic carbocycles. The molecule has 0 aromatic carbocycles. The van der Waals surface area contributed by atoms with Crippen LogP contribution < -0.4 is 0 Å². The Labute approximate surface area is 161 Å². The standard InChI is InChI=1S/C21H31N3O3/c1-3-27-17(2)20(26)23-14-9-21(10-15-23)8-4-19(25)24(16-21)13-7-18-5-11-22-12-6-18/h5-6,11-12,17H,3-4,7-10,13-16H2,1-2H3. The van der Waals surface area contributed by atoms with Gasteiger partial charge in [0.25, 0.3) is 5.91 Å². The molecule has 2 amide bonds. The first-order valence-electron chi connectivity index (χ1n) is 10.1. The zero-order valence-electron chi connectivity index (χ0n) is 16.5. The van der Waals surface area contributed by atoms with Crippen LogP contribution in [0.3, 0.4) is 0 Å². The molecule has 1 atom stereocenters. The van der Waals surface area contributed by atoms with Gasteiger partial charge in [0.05, 0.1) is 0 Å². The molecule has 0 N–H and O–H groups in total. The molecule has 6 heteroatoms. The smallest absolute Gasteiger partial charge is 0.251 e. The van der Waals surface area contributed by atoms with Crippen LogP contribution >= 0.6 is 0 Å². The molecule has 0 radical (unpaired) electrons. The van der Waals surface area contributed by atoms with Crippen molar-refractivity contribution in [1.29, 1.82) is 0 Å². The van der Waals surface area contributed by atoms with Crippen LogP contribution in [0.15, 0.2) is 24.5 Å². The van der Waals surface area contributed by atoms with Crippen molar-refractivity contribution in [2.75, 3.05) is 32.8 Å². The van der Waals surface area contributed by atoms with E-state index in [2.05, 4.69) is 4.98 Å². The fourth-order valence-electron chi connectivity index (χ4n) is 4.31. The Morgan fingerprint density at radius 3 is 2.63 bits per heavy atom. The molecule has 148 valence electrons. The fraction of sp³-hybridized carbons (Fsp3) is 0.667. The van der Waals surface area contributed by atoms with Gasteiger partial charge in [0.15, 0.2) is 0 Å². The van der Waals surface area contributed by atoms with Crippen molar-refractivity contribution >= 4 is 11.8 Å². The zero-order chi connectivity index (χ0) is 19.3. The summed E-state index contributed by atoms with van der Waals surface area (Å²) in [5.74, 6) is 0.353.